The predicted octanol–water partition coefficient (Wildman–Crippen LogP) is 4.61. The highest BCUT2D eigenvalue weighted by atomic mass is 35.5. The van der Waals surface area contributed by atoms with Crippen LogP contribution in [-0.2, 0) is 16.6 Å². The zero-order valence-electron chi connectivity index (χ0n) is 11.3. The maximum atomic E-state index is 12.3. The molecule has 3 aromatic rings. The largest absolute Gasteiger partial charge is 0.250 e. The van der Waals surface area contributed by atoms with Crippen LogP contribution >= 0.6 is 34.3 Å². The van der Waals surface area contributed by atoms with E-state index in [1.54, 1.807) is 17.4 Å². The number of halogens is 1. The van der Waals surface area contributed by atoms with E-state index in [-0.39, 0.29) is 10.8 Å². The minimum Gasteiger partial charge on any atom is -0.206 e. The quantitative estimate of drug-likeness (QED) is 0.713. The first kappa shape index (κ1) is 15.7. The second kappa shape index (κ2) is 6.52. The van der Waals surface area contributed by atoms with Crippen LogP contribution in [0, 0.1) is 0 Å². The molecule has 0 aliphatic carbocycles. The molecule has 0 amide bonds. The summed E-state index contributed by atoms with van der Waals surface area (Å²) in [5.74, 6) is 0. The van der Waals surface area contributed by atoms with E-state index < -0.39 is 10.0 Å². The summed E-state index contributed by atoms with van der Waals surface area (Å²) in [5, 5.41) is 4.05. The van der Waals surface area contributed by atoms with Crippen LogP contribution in [0.4, 0.5) is 0 Å². The molecule has 0 bridgehead atoms. The van der Waals surface area contributed by atoms with Gasteiger partial charge in [0, 0.05) is 6.54 Å². The maximum Gasteiger partial charge on any atom is 0.250 e. The molecule has 0 atom stereocenters. The van der Waals surface area contributed by atoms with Crippen LogP contribution in [0.25, 0.3) is 11.1 Å². The average Bonchev–Trinajstić information content (AvgIpc) is 3.17. The Bertz CT molecular complexity index is 870. The van der Waals surface area contributed by atoms with Crippen molar-refractivity contribution < 1.29 is 8.42 Å². The van der Waals surface area contributed by atoms with E-state index in [1.165, 1.54) is 6.07 Å². The van der Waals surface area contributed by atoms with Crippen molar-refractivity contribution in [1.82, 2.24) is 4.72 Å². The Balaban J connectivity index is 1.83. The number of rotatable bonds is 5. The van der Waals surface area contributed by atoms with Gasteiger partial charge < -0.3 is 0 Å². The zero-order chi connectivity index (χ0) is 15.6. The van der Waals surface area contributed by atoms with Gasteiger partial charge in [0.05, 0.1) is 4.34 Å². The fourth-order valence-electron chi connectivity index (χ4n) is 2.06. The summed E-state index contributed by atoms with van der Waals surface area (Å²) in [4.78, 5) is 0. The monoisotopic (exact) mass is 369 g/mol. The first-order valence-corrected chi connectivity index (χ1v) is 10.0. The van der Waals surface area contributed by atoms with Gasteiger partial charge >= 0.3 is 0 Å². The van der Waals surface area contributed by atoms with E-state index in [2.05, 4.69) is 4.72 Å². The Hall–Kier alpha value is -1.18. The summed E-state index contributed by atoms with van der Waals surface area (Å²) in [6.07, 6.45) is 0. The van der Waals surface area contributed by atoms with Gasteiger partial charge in [0.25, 0.3) is 0 Å². The highest BCUT2D eigenvalue weighted by Crippen LogP contribution is 2.28. The number of nitrogens with one attached hydrogen (secondary N) is 1. The van der Waals surface area contributed by atoms with Gasteiger partial charge in [-0.15, -0.1) is 11.3 Å². The number of hydrogen-bond donors (Lipinski definition) is 1. The summed E-state index contributed by atoms with van der Waals surface area (Å²) >= 11 is 8.47. The fourth-order valence-corrected chi connectivity index (χ4v) is 5.25. The molecule has 2 aromatic heterocycles. The molecule has 3 rings (SSSR count). The van der Waals surface area contributed by atoms with Crippen molar-refractivity contribution in [3.05, 3.63) is 63.1 Å². The molecule has 3 nitrogen and oxygen atoms in total. The number of benzene rings is 1. The van der Waals surface area contributed by atoms with Gasteiger partial charge in [0.1, 0.15) is 4.21 Å². The average molecular weight is 370 g/mol. The van der Waals surface area contributed by atoms with Crippen molar-refractivity contribution in [3.8, 4) is 11.1 Å². The zero-order valence-corrected chi connectivity index (χ0v) is 14.5. The minimum absolute atomic E-state index is 0.227. The van der Waals surface area contributed by atoms with Crippen LogP contribution in [-0.4, -0.2) is 8.42 Å². The standard InChI is InChI=1S/C15H12ClNO2S3/c16-14-5-6-15(21-14)22(18,19)17-9-11-3-1-2-4-13(11)12-7-8-20-10-12/h1-8,10,17H,9H2. The van der Waals surface area contributed by atoms with Crippen molar-refractivity contribution in [2.75, 3.05) is 0 Å². The molecular formula is C15H12ClNO2S3. The van der Waals surface area contributed by atoms with Gasteiger partial charge in [-0.05, 0) is 45.6 Å². The fraction of sp³-hybridized carbons (Fsp3) is 0.0667. The lowest BCUT2D eigenvalue weighted by atomic mass is 10.0. The Kier molecular flexibility index (Phi) is 4.65. The molecule has 0 saturated heterocycles. The molecule has 22 heavy (non-hydrogen) atoms. The third kappa shape index (κ3) is 3.42. The molecule has 0 aliphatic rings. The summed E-state index contributed by atoms with van der Waals surface area (Å²) in [7, 11) is -3.54. The number of hydrogen-bond acceptors (Lipinski definition) is 4. The van der Waals surface area contributed by atoms with Crippen LogP contribution < -0.4 is 4.72 Å². The summed E-state index contributed by atoms with van der Waals surface area (Å²) < 4.78 is 27.8. The molecule has 0 unspecified atom stereocenters. The first-order valence-electron chi connectivity index (χ1n) is 6.42. The van der Waals surface area contributed by atoms with Gasteiger partial charge in [0.2, 0.25) is 10.0 Å². The summed E-state index contributed by atoms with van der Waals surface area (Å²) in [5.41, 5.74) is 3.07. The molecule has 0 saturated carbocycles. The van der Waals surface area contributed by atoms with Crippen molar-refractivity contribution in [2.45, 2.75) is 10.8 Å². The second-order valence-electron chi connectivity index (χ2n) is 4.55. The van der Waals surface area contributed by atoms with Crippen LogP contribution in [0.1, 0.15) is 5.56 Å². The van der Waals surface area contributed by atoms with E-state index in [1.807, 2.05) is 41.1 Å². The van der Waals surface area contributed by atoms with Crippen LogP contribution in [0.5, 0.6) is 0 Å². The Labute approximate surface area is 142 Å². The van der Waals surface area contributed by atoms with Crippen LogP contribution in [0.3, 0.4) is 0 Å². The van der Waals surface area contributed by atoms with E-state index in [9.17, 15) is 8.42 Å². The molecule has 7 heteroatoms. The lowest BCUT2D eigenvalue weighted by Crippen LogP contribution is -2.22. The Morgan fingerprint density at radius 2 is 1.91 bits per heavy atom. The third-order valence-electron chi connectivity index (χ3n) is 3.12. The molecule has 2 heterocycles. The topological polar surface area (TPSA) is 46.2 Å². The molecule has 0 radical (unpaired) electrons. The highest BCUT2D eigenvalue weighted by Gasteiger charge is 2.17. The molecule has 1 aromatic carbocycles. The number of sulfonamides is 1. The molecule has 0 aliphatic heterocycles. The molecule has 0 spiro atoms. The Morgan fingerprint density at radius 1 is 1.09 bits per heavy atom. The van der Waals surface area contributed by atoms with Crippen LogP contribution in [0.2, 0.25) is 4.34 Å². The second-order valence-corrected chi connectivity index (χ2v) is 9.04. The molecule has 114 valence electrons. The van der Waals surface area contributed by atoms with Gasteiger partial charge in [-0.2, -0.15) is 11.3 Å². The van der Waals surface area contributed by atoms with E-state index >= 15 is 0 Å². The van der Waals surface area contributed by atoms with E-state index in [4.69, 9.17) is 11.6 Å². The van der Waals surface area contributed by atoms with Crippen molar-refractivity contribution in [1.29, 1.82) is 0 Å². The smallest absolute Gasteiger partial charge is 0.206 e. The normalized spacial score (nSPS) is 11.7. The molecule has 0 fully saturated rings. The summed E-state index contributed by atoms with van der Waals surface area (Å²) in [6.45, 7) is 0.240. The van der Waals surface area contributed by atoms with Crippen LogP contribution in [0.15, 0.2) is 57.4 Å². The van der Waals surface area contributed by atoms with Gasteiger partial charge in [-0.3, -0.25) is 0 Å². The maximum absolute atomic E-state index is 12.3. The lowest BCUT2D eigenvalue weighted by molar-refractivity contribution is 0.583. The van der Waals surface area contributed by atoms with Crippen molar-refractivity contribution in [2.24, 2.45) is 0 Å². The van der Waals surface area contributed by atoms with Gasteiger partial charge in [-0.25, -0.2) is 13.1 Å². The van der Waals surface area contributed by atoms with Gasteiger partial charge in [0.15, 0.2) is 0 Å². The first-order chi connectivity index (χ1) is 10.6. The van der Waals surface area contributed by atoms with E-state index in [0.29, 0.717) is 4.34 Å². The van der Waals surface area contributed by atoms with Crippen molar-refractivity contribution in [3.63, 3.8) is 0 Å². The highest BCUT2D eigenvalue weighted by molar-refractivity contribution is 7.91. The Morgan fingerprint density at radius 3 is 2.59 bits per heavy atom. The van der Waals surface area contributed by atoms with Crippen molar-refractivity contribution >= 4 is 44.3 Å². The minimum atomic E-state index is -3.54. The molecule has 1 N–H and O–H groups in total. The summed E-state index contributed by atoms with van der Waals surface area (Å²) in [6, 6.07) is 12.9. The molecular weight excluding hydrogens is 358 g/mol. The lowest BCUT2D eigenvalue weighted by Gasteiger charge is -2.09. The SMILES string of the molecule is O=S(=O)(NCc1ccccc1-c1ccsc1)c1ccc(Cl)s1. The third-order valence-corrected chi connectivity index (χ3v) is 6.92. The van der Waals surface area contributed by atoms with Gasteiger partial charge in [-0.1, -0.05) is 35.9 Å². The van der Waals surface area contributed by atoms with E-state index in [0.717, 1.165) is 28.0 Å². The predicted molar refractivity (Wildman–Crippen MR) is 93.1 cm³/mol. The number of thiophene rings is 2.